The summed E-state index contributed by atoms with van der Waals surface area (Å²) in [5, 5.41) is 12.5. The Hall–Kier alpha value is -1.53. The summed E-state index contributed by atoms with van der Waals surface area (Å²) in [6.07, 6.45) is 8.36. The Morgan fingerprint density at radius 1 is 1.30 bits per heavy atom. The fourth-order valence-electron chi connectivity index (χ4n) is 2.95. The number of nitriles is 1. The molecule has 3 nitrogen and oxygen atoms in total. The van der Waals surface area contributed by atoms with Crippen molar-refractivity contribution in [3.8, 4) is 11.8 Å². The van der Waals surface area contributed by atoms with Gasteiger partial charge in [0.05, 0.1) is 12.7 Å². The Bertz CT molecular complexity index is 459. The normalized spacial score (nSPS) is 15.8. The molecule has 0 spiro atoms. The largest absolute Gasteiger partial charge is 0.495 e. The molecule has 1 fully saturated rings. The molecular weight excluding hydrogens is 248 g/mol. The summed E-state index contributed by atoms with van der Waals surface area (Å²) >= 11 is 0. The second-order valence-corrected chi connectivity index (χ2v) is 5.62. The molecule has 0 heterocycles. The SMILES string of the molecule is COc1cc(CNCCC2CCCCC2)ccc1C#N. The first kappa shape index (κ1) is 14.9. The Labute approximate surface area is 121 Å². The average molecular weight is 272 g/mol. The number of hydrogen-bond donors (Lipinski definition) is 1. The molecule has 0 amide bonds. The van der Waals surface area contributed by atoms with Crippen LogP contribution in [0.25, 0.3) is 0 Å². The van der Waals surface area contributed by atoms with Crippen LogP contribution < -0.4 is 10.1 Å². The maximum Gasteiger partial charge on any atom is 0.136 e. The number of methoxy groups -OCH3 is 1. The predicted octanol–water partition coefficient (Wildman–Crippen LogP) is 3.63. The predicted molar refractivity (Wildman–Crippen MR) is 80.6 cm³/mol. The van der Waals surface area contributed by atoms with E-state index in [1.54, 1.807) is 7.11 Å². The van der Waals surface area contributed by atoms with E-state index in [9.17, 15) is 0 Å². The lowest BCUT2D eigenvalue weighted by Gasteiger charge is -2.21. The van der Waals surface area contributed by atoms with E-state index in [0.717, 1.165) is 19.0 Å². The van der Waals surface area contributed by atoms with Crippen molar-refractivity contribution in [3.63, 3.8) is 0 Å². The number of rotatable bonds is 6. The smallest absolute Gasteiger partial charge is 0.136 e. The van der Waals surface area contributed by atoms with Gasteiger partial charge in [-0.1, -0.05) is 38.2 Å². The third kappa shape index (κ3) is 4.25. The number of hydrogen-bond acceptors (Lipinski definition) is 3. The third-order valence-electron chi connectivity index (χ3n) is 4.17. The summed E-state index contributed by atoms with van der Waals surface area (Å²) in [6, 6.07) is 7.91. The standard InChI is InChI=1S/C17H24N2O/c1-20-17-11-15(7-8-16(17)12-18)13-19-10-9-14-5-3-2-4-6-14/h7-8,11,14,19H,2-6,9-10,13H2,1H3. The summed E-state index contributed by atoms with van der Waals surface area (Å²) in [7, 11) is 1.61. The van der Waals surface area contributed by atoms with Gasteiger partial charge in [-0.15, -0.1) is 0 Å². The molecule has 1 aromatic carbocycles. The van der Waals surface area contributed by atoms with Gasteiger partial charge in [-0.2, -0.15) is 5.26 Å². The molecule has 1 aromatic rings. The second-order valence-electron chi connectivity index (χ2n) is 5.62. The lowest BCUT2D eigenvalue weighted by molar-refractivity contribution is 0.334. The van der Waals surface area contributed by atoms with Gasteiger partial charge in [0.1, 0.15) is 11.8 Å². The topological polar surface area (TPSA) is 45.0 Å². The van der Waals surface area contributed by atoms with Gasteiger partial charge in [-0.05, 0) is 36.6 Å². The quantitative estimate of drug-likeness (QED) is 0.804. The van der Waals surface area contributed by atoms with Crippen LogP contribution in [0.5, 0.6) is 5.75 Å². The van der Waals surface area contributed by atoms with Gasteiger partial charge in [0, 0.05) is 6.54 Å². The molecule has 0 bridgehead atoms. The van der Waals surface area contributed by atoms with Crippen molar-refractivity contribution in [2.75, 3.05) is 13.7 Å². The molecule has 0 unspecified atom stereocenters. The van der Waals surface area contributed by atoms with Gasteiger partial charge < -0.3 is 10.1 Å². The molecule has 1 saturated carbocycles. The van der Waals surface area contributed by atoms with Gasteiger partial charge in [-0.3, -0.25) is 0 Å². The van der Waals surface area contributed by atoms with Crippen molar-refractivity contribution in [1.82, 2.24) is 5.32 Å². The minimum Gasteiger partial charge on any atom is -0.495 e. The lowest BCUT2D eigenvalue weighted by Crippen LogP contribution is -2.19. The van der Waals surface area contributed by atoms with E-state index in [4.69, 9.17) is 10.00 Å². The molecule has 108 valence electrons. The van der Waals surface area contributed by atoms with E-state index in [2.05, 4.69) is 11.4 Å². The van der Waals surface area contributed by atoms with E-state index in [1.165, 1.54) is 44.1 Å². The molecule has 0 aliphatic heterocycles. The fourth-order valence-corrected chi connectivity index (χ4v) is 2.95. The molecule has 20 heavy (non-hydrogen) atoms. The zero-order valence-corrected chi connectivity index (χ0v) is 12.3. The molecule has 1 aliphatic carbocycles. The number of ether oxygens (including phenoxy) is 1. The first-order valence-corrected chi connectivity index (χ1v) is 7.61. The van der Waals surface area contributed by atoms with Gasteiger partial charge in [-0.25, -0.2) is 0 Å². The molecule has 0 radical (unpaired) electrons. The molecule has 0 aromatic heterocycles. The molecule has 0 saturated heterocycles. The van der Waals surface area contributed by atoms with Gasteiger partial charge >= 0.3 is 0 Å². The van der Waals surface area contributed by atoms with Crippen molar-refractivity contribution in [2.24, 2.45) is 5.92 Å². The molecular formula is C17H24N2O. The van der Waals surface area contributed by atoms with Crippen molar-refractivity contribution in [2.45, 2.75) is 45.1 Å². The van der Waals surface area contributed by atoms with Gasteiger partial charge in [0.15, 0.2) is 0 Å². The van der Waals surface area contributed by atoms with Crippen LogP contribution in [0.2, 0.25) is 0 Å². The van der Waals surface area contributed by atoms with E-state index in [0.29, 0.717) is 11.3 Å². The Morgan fingerprint density at radius 2 is 2.10 bits per heavy atom. The Morgan fingerprint density at radius 3 is 2.80 bits per heavy atom. The summed E-state index contributed by atoms with van der Waals surface area (Å²) in [5.74, 6) is 1.59. The van der Waals surface area contributed by atoms with Crippen LogP contribution in [0.3, 0.4) is 0 Å². The average Bonchev–Trinajstić information content (AvgIpc) is 2.52. The Kier molecular flexibility index (Phi) is 5.88. The summed E-state index contributed by atoms with van der Waals surface area (Å²) in [4.78, 5) is 0. The Balaban J connectivity index is 1.75. The molecule has 2 rings (SSSR count). The zero-order valence-electron chi connectivity index (χ0n) is 12.3. The first-order chi connectivity index (χ1) is 9.83. The number of nitrogens with one attached hydrogen (secondary N) is 1. The third-order valence-corrected chi connectivity index (χ3v) is 4.17. The van der Waals surface area contributed by atoms with Crippen LogP contribution in [-0.4, -0.2) is 13.7 Å². The van der Waals surface area contributed by atoms with Crippen molar-refractivity contribution < 1.29 is 4.74 Å². The van der Waals surface area contributed by atoms with Gasteiger partial charge in [0.2, 0.25) is 0 Å². The van der Waals surface area contributed by atoms with E-state index in [-0.39, 0.29) is 0 Å². The summed E-state index contributed by atoms with van der Waals surface area (Å²) in [5.41, 5.74) is 1.77. The van der Waals surface area contributed by atoms with Crippen LogP contribution in [0.15, 0.2) is 18.2 Å². The minimum absolute atomic E-state index is 0.596. The second kappa shape index (κ2) is 7.91. The molecule has 1 aliphatic rings. The zero-order chi connectivity index (χ0) is 14.2. The van der Waals surface area contributed by atoms with Gasteiger partial charge in [0.25, 0.3) is 0 Å². The fraction of sp³-hybridized carbons (Fsp3) is 0.588. The molecule has 3 heteroatoms. The van der Waals surface area contributed by atoms with Crippen LogP contribution in [0.1, 0.15) is 49.7 Å². The highest BCUT2D eigenvalue weighted by Crippen LogP contribution is 2.25. The molecule has 1 N–H and O–H groups in total. The van der Waals surface area contributed by atoms with Crippen molar-refractivity contribution in [3.05, 3.63) is 29.3 Å². The summed E-state index contributed by atoms with van der Waals surface area (Å²) < 4.78 is 5.23. The maximum atomic E-state index is 8.95. The van der Waals surface area contributed by atoms with E-state index < -0.39 is 0 Å². The highest BCUT2D eigenvalue weighted by Gasteiger charge is 2.12. The van der Waals surface area contributed by atoms with Crippen LogP contribution in [-0.2, 0) is 6.54 Å². The van der Waals surface area contributed by atoms with Crippen molar-refractivity contribution >= 4 is 0 Å². The number of benzene rings is 1. The monoisotopic (exact) mass is 272 g/mol. The maximum absolute atomic E-state index is 8.95. The summed E-state index contributed by atoms with van der Waals surface area (Å²) in [6.45, 7) is 1.92. The lowest BCUT2D eigenvalue weighted by atomic mass is 9.87. The van der Waals surface area contributed by atoms with Crippen LogP contribution >= 0.6 is 0 Å². The minimum atomic E-state index is 0.596. The van der Waals surface area contributed by atoms with Crippen molar-refractivity contribution in [1.29, 1.82) is 5.26 Å². The van der Waals surface area contributed by atoms with E-state index >= 15 is 0 Å². The first-order valence-electron chi connectivity index (χ1n) is 7.61. The highest BCUT2D eigenvalue weighted by molar-refractivity contribution is 5.45. The highest BCUT2D eigenvalue weighted by atomic mass is 16.5. The molecule has 0 atom stereocenters. The van der Waals surface area contributed by atoms with Crippen LogP contribution in [0.4, 0.5) is 0 Å². The van der Waals surface area contributed by atoms with E-state index in [1.807, 2.05) is 18.2 Å². The number of nitrogens with zero attached hydrogens (tertiary/aromatic N) is 1. The van der Waals surface area contributed by atoms with Crippen LogP contribution in [0, 0.1) is 17.2 Å².